The molecule has 14 heavy (non-hydrogen) atoms. The second-order valence-electron chi connectivity index (χ2n) is 3.63. The lowest BCUT2D eigenvalue weighted by molar-refractivity contribution is 0.0784. The van der Waals surface area contributed by atoms with E-state index in [2.05, 4.69) is 0 Å². The van der Waals surface area contributed by atoms with Crippen molar-refractivity contribution in [3.05, 3.63) is 29.8 Å². The lowest BCUT2D eigenvalue weighted by Crippen LogP contribution is -2.18. The van der Waals surface area contributed by atoms with Gasteiger partial charge in [0, 0.05) is 0 Å². The largest absolute Gasteiger partial charge is 0.386 e. The van der Waals surface area contributed by atoms with Gasteiger partial charge in [0.15, 0.2) is 0 Å². The second kappa shape index (κ2) is 3.34. The minimum atomic E-state index is -3.70. The maximum absolute atomic E-state index is 11.0. The average molecular weight is 215 g/mol. The zero-order valence-corrected chi connectivity index (χ0v) is 8.88. The van der Waals surface area contributed by atoms with Gasteiger partial charge in [0.25, 0.3) is 0 Å². The summed E-state index contributed by atoms with van der Waals surface area (Å²) in [5, 5.41) is 14.6. The molecule has 1 aromatic rings. The fourth-order valence-electron chi connectivity index (χ4n) is 1.05. The van der Waals surface area contributed by atoms with Gasteiger partial charge in [-0.3, -0.25) is 0 Å². The fraction of sp³-hybridized carbons (Fsp3) is 0.333. The predicted molar refractivity (Wildman–Crippen MR) is 53.1 cm³/mol. The van der Waals surface area contributed by atoms with E-state index in [0.717, 1.165) is 0 Å². The molecular formula is C9H13NO3S. The third kappa shape index (κ3) is 2.54. The van der Waals surface area contributed by atoms with Gasteiger partial charge < -0.3 is 5.11 Å². The van der Waals surface area contributed by atoms with E-state index < -0.39 is 15.6 Å². The molecule has 0 bridgehead atoms. The van der Waals surface area contributed by atoms with Gasteiger partial charge in [-0.1, -0.05) is 12.1 Å². The standard InChI is InChI=1S/C9H13NO3S/c1-9(2,11)7-4-3-5-8(6-7)14(10,12)13/h3-6,11H,1-2H3,(H2,10,12,13). The van der Waals surface area contributed by atoms with E-state index in [1.165, 1.54) is 12.1 Å². The molecule has 0 fully saturated rings. The summed E-state index contributed by atoms with van der Waals surface area (Å²) in [6.07, 6.45) is 0. The van der Waals surface area contributed by atoms with E-state index in [4.69, 9.17) is 5.14 Å². The van der Waals surface area contributed by atoms with E-state index in [0.29, 0.717) is 5.56 Å². The van der Waals surface area contributed by atoms with E-state index >= 15 is 0 Å². The molecule has 0 amide bonds. The third-order valence-corrected chi connectivity index (χ3v) is 2.78. The predicted octanol–water partition coefficient (Wildman–Crippen LogP) is 0.561. The summed E-state index contributed by atoms with van der Waals surface area (Å²) in [7, 11) is -3.70. The summed E-state index contributed by atoms with van der Waals surface area (Å²) in [5.74, 6) is 0. The maximum Gasteiger partial charge on any atom is 0.238 e. The van der Waals surface area contributed by atoms with E-state index in [-0.39, 0.29) is 4.90 Å². The molecule has 0 spiro atoms. The molecule has 0 radical (unpaired) electrons. The number of hydrogen-bond acceptors (Lipinski definition) is 3. The van der Waals surface area contributed by atoms with Crippen LogP contribution in [0.2, 0.25) is 0 Å². The van der Waals surface area contributed by atoms with Gasteiger partial charge in [0.05, 0.1) is 10.5 Å². The number of benzene rings is 1. The number of nitrogens with two attached hydrogens (primary N) is 1. The molecule has 0 aliphatic rings. The number of rotatable bonds is 2. The first kappa shape index (κ1) is 11.2. The van der Waals surface area contributed by atoms with Crippen molar-refractivity contribution in [2.45, 2.75) is 24.3 Å². The van der Waals surface area contributed by atoms with Gasteiger partial charge in [-0.15, -0.1) is 0 Å². The van der Waals surface area contributed by atoms with Crippen LogP contribution in [-0.4, -0.2) is 13.5 Å². The number of hydrogen-bond donors (Lipinski definition) is 2. The van der Waals surface area contributed by atoms with Crippen LogP contribution < -0.4 is 5.14 Å². The topological polar surface area (TPSA) is 80.4 Å². The number of aliphatic hydroxyl groups is 1. The first-order valence-electron chi connectivity index (χ1n) is 4.07. The summed E-state index contributed by atoms with van der Waals surface area (Å²) < 4.78 is 22.0. The van der Waals surface area contributed by atoms with Crippen molar-refractivity contribution in [1.29, 1.82) is 0 Å². The van der Waals surface area contributed by atoms with Crippen molar-refractivity contribution >= 4 is 10.0 Å². The van der Waals surface area contributed by atoms with Crippen molar-refractivity contribution in [1.82, 2.24) is 0 Å². The molecule has 0 saturated carbocycles. The number of primary sulfonamides is 1. The molecule has 1 rings (SSSR count). The summed E-state index contributed by atoms with van der Waals surface area (Å²) in [6, 6.07) is 5.96. The Balaban J connectivity index is 3.29. The van der Waals surface area contributed by atoms with Crippen LogP contribution >= 0.6 is 0 Å². The summed E-state index contributed by atoms with van der Waals surface area (Å²) in [5.41, 5.74) is -0.551. The first-order valence-corrected chi connectivity index (χ1v) is 5.61. The Bertz CT molecular complexity index is 432. The zero-order chi connectivity index (χ0) is 11.0. The first-order chi connectivity index (χ1) is 6.21. The molecule has 0 heterocycles. The molecule has 0 aromatic heterocycles. The van der Waals surface area contributed by atoms with Crippen LogP contribution in [0.5, 0.6) is 0 Å². The Labute approximate surface area is 83.4 Å². The summed E-state index contributed by atoms with van der Waals surface area (Å²) >= 11 is 0. The normalized spacial score (nSPS) is 12.9. The summed E-state index contributed by atoms with van der Waals surface area (Å²) in [6.45, 7) is 3.16. The third-order valence-electron chi connectivity index (χ3n) is 1.87. The molecule has 0 saturated heterocycles. The Morgan fingerprint density at radius 1 is 1.36 bits per heavy atom. The molecule has 78 valence electrons. The minimum Gasteiger partial charge on any atom is -0.386 e. The van der Waals surface area contributed by atoms with Crippen molar-refractivity contribution in [3.63, 3.8) is 0 Å². The van der Waals surface area contributed by atoms with Crippen LogP contribution in [0.25, 0.3) is 0 Å². The highest BCUT2D eigenvalue weighted by Gasteiger charge is 2.18. The molecule has 3 N–H and O–H groups in total. The van der Waals surface area contributed by atoms with E-state index in [1.807, 2.05) is 0 Å². The highest BCUT2D eigenvalue weighted by Crippen LogP contribution is 2.21. The van der Waals surface area contributed by atoms with E-state index in [9.17, 15) is 13.5 Å². The summed E-state index contributed by atoms with van der Waals surface area (Å²) in [4.78, 5) is 0.0112. The molecule has 0 unspecified atom stereocenters. The van der Waals surface area contributed by atoms with Crippen molar-refractivity contribution in [3.8, 4) is 0 Å². The van der Waals surface area contributed by atoms with Crippen LogP contribution in [-0.2, 0) is 15.6 Å². The molecule has 0 atom stereocenters. The molecule has 4 nitrogen and oxygen atoms in total. The Morgan fingerprint density at radius 2 is 1.93 bits per heavy atom. The van der Waals surface area contributed by atoms with Crippen LogP contribution in [0, 0.1) is 0 Å². The van der Waals surface area contributed by atoms with Crippen LogP contribution in [0.4, 0.5) is 0 Å². The smallest absolute Gasteiger partial charge is 0.238 e. The van der Waals surface area contributed by atoms with Gasteiger partial charge in [-0.05, 0) is 31.5 Å². The van der Waals surface area contributed by atoms with Crippen molar-refractivity contribution < 1.29 is 13.5 Å². The fourth-order valence-corrected chi connectivity index (χ4v) is 1.61. The minimum absolute atomic E-state index is 0.0112. The quantitative estimate of drug-likeness (QED) is 0.756. The SMILES string of the molecule is CC(C)(O)c1cccc(S(N)(=O)=O)c1. The highest BCUT2D eigenvalue weighted by molar-refractivity contribution is 7.89. The van der Waals surface area contributed by atoms with Gasteiger partial charge >= 0.3 is 0 Å². The Kier molecular flexibility index (Phi) is 2.67. The molecule has 1 aromatic carbocycles. The monoisotopic (exact) mass is 215 g/mol. The van der Waals surface area contributed by atoms with Crippen molar-refractivity contribution in [2.75, 3.05) is 0 Å². The average Bonchev–Trinajstić information content (AvgIpc) is 2.01. The highest BCUT2D eigenvalue weighted by atomic mass is 32.2. The van der Waals surface area contributed by atoms with Crippen molar-refractivity contribution in [2.24, 2.45) is 5.14 Å². The maximum atomic E-state index is 11.0. The molecular weight excluding hydrogens is 202 g/mol. The lowest BCUT2D eigenvalue weighted by atomic mass is 9.99. The van der Waals surface area contributed by atoms with Gasteiger partial charge in [0.2, 0.25) is 10.0 Å². The molecule has 0 aliphatic carbocycles. The molecule has 0 aliphatic heterocycles. The van der Waals surface area contributed by atoms with Gasteiger partial charge in [-0.2, -0.15) is 0 Å². The second-order valence-corrected chi connectivity index (χ2v) is 5.19. The zero-order valence-electron chi connectivity index (χ0n) is 8.06. The van der Waals surface area contributed by atoms with Crippen LogP contribution in [0.1, 0.15) is 19.4 Å². The molecule has 5 heteroatoms. The Hall–Kier alpha value is -0.910. The van der Waals surface area contributed by atoms with Gasteiger partial charge in [0.1, 0.15) is 0 Å². The van der Waals surface area contributed by atoms with Crippen LogP contribution in [0.15, 0.2) is 29.2 Å². The lowest BCUT2D eigenvalue weighted by Gasteiger charge is -2.17. The van der Waals surface area contributed by atoms with Crippen LogP contribution in [0.3, 0.4) is 0 Å². The van der Waals surface area contributed by atoms with E-state index in [1.54, 1.807) is 26.0 Å². The van der Waals surface area contributed by atoms with Gasteiger partial charge in [-0.25, -0.2) is 13.6 Å². The Morgan fingerprint density at radius 3 is 2.36 bits per heavy atom. The number of sulfonamides is 1.